The van der Waals surface area contributed by atoms with E-state index < -0.39 is 5.60 Å². The topological polar surface area (TPSA) is 58.6 Å². The van der Waals surface area contributed by atoms with E-state index in [1.54, 1.807) is 18.4 Å². The first-order valence-electron chi connectivity index (χ1n) is 8.28. The van der Waals surface area contributed by atoms with Crippen LogP contribution in [-0.2, 0) is 16.8 Å². The Balaban J connectivity index is 1.51. The Morgan fingerprint density at radius 3 is 2.67 bits per heavy atom. The molecule has 0 saturated heterocycles. The van der Waals surface area contributed by atoms with Crippen molar-refractivity contribution in [3.63, 3.8) is 0 Å². The van der Waals surface area contributed by atoms with Gasteiger partial charge in [0, 0.05) is 11.3 Å². The second-order valence-electron chi connectivity index (χ2n) is 6.30. The molecular weight excluding hydrogens is 322 g/mol. The van der Waals surface area contributed by atoms with E-state index in [1.165, 1.54) is 0 Å². The quantitative estimate of drug-likeness (QED) is 0.773. The van der Waals surface area contributed by atoms with Gasteiger partial charge in [-0.1, -0.05) is 18.2 Å². The van der Waals surface area contributed by atoms with E-state index in [9.17, 15) is 9.90 Å². The van der Waals surface area contributed by atoms with E-state index >= 15 is 0 Å². The van der Waals surface area contributed by atoms with Crippen LogP contribution in [0.1, 0.15) is 29.7 Å². The third-order valence-electron chi connectivity index (χ3n) is 4.56. The molecule has 1 unspecified atom stereocenters. The predicted molar refractivity (Wildman–Crippen MR) is 95.3 cm³/mol. The van der Waals surface area contributed by atoms with Gasteiger partial charge in [-0.25, -0.2) is 0 Å². The monoisotopic (exact) mass is 345 g/mol. The number of benzene rings is 1. The molecule has 0 aliphatic heterocycles. The van der Waals surface area contributed by atoms with E-state index in [2.05, 4.69) is 5.32 Å². The summed E-state index contributed by atoms with van der Waals surface area (Å²) in [5, 5.41) is 15.9. The molecule has 5 heteroatoms. The van der Waals surface area contributed by atoms with Gasteiger partial charge in [0.1, 0.15) is 11.4 Å². The summed E-state index contributed by atoms with van der Waals surface area (Å²) in [7, 11) is 1.64. The maximum absolute atomic E-state index is 12.2. The van der Waals surface area contributed by atoms with Gasteiger partial charge in [0.2, 0.25) is 5.91 Å². The first-order chi connectivity index (χ1) is 11.6. The Morgan fingerprint density at radius 2 is 2.08 bits per heavy atom. The summed E-state index contributed by atoms with van der Waals surface area (Å²) in [6.07, 6.45) is 3.14. The largest absolute Gasteiger partial charge is 0.497 e. The lowest BCUT2D eigenvalue weighted by atomic mass is 9.95. The average Bonchev–Trinajstić information content (AvgIpc) is 3.33. The summed E-state index contributed by atoms with van der Waals surface area (Å²) < 4.78 is 5.13. The smallest absolute Gasteiger partial charge is 0.220 e. The molecule has 1 aliphatic rings. The number of nitrogens with one attached hydrogen (secondary N) is 1. The van der Waals surface area contributed by atoms with Gasteiger partial charge in [-0.3, -0.25) is 4.79 Å². The number of hydrogen-bond acceptors (Lipinski definition) is 4. The molecule has 1 atom stereocenters. The molecule has 1 aromatic carbocycles. The fourth-order valence-electron chi connectivity index (χ4n) is 2.89. The fourth-order valence-corrected chi connectivity index (χ4v) is 3.79. The molecule has 1 aromatic heterocycles. The zero-order chi connectivity index (χ0) is 17.0. The number of methoxy groups -OCH3 is 1. The number of thiophene rings is 1. The Bertz CT molecular complexity index is 664. The Morgan fingerprint density at radius 1 is 1.33 bits per heavy atom. The average molecular weight is 345 g/mol. The van der Waals surface area contributed by atoms with Crippen LogP contribution in [-0.4, -0.2) is 24.7 Å². The Labute approximate surface area is 146 Å². The van der Waals surface area contributed by atoms with Crippen molar-refractivity contribution in [1.82, 2.24) is 5.32 Å². The molecular formula is C19H23NO3S. The highest BCUT2D eigenvalue weighted by Gasteiger charge is 2.45. The first kappa shape index (κ1) is 17.0. The molecule has 2 aromatic rings. The third kappa shape index (κ3) is 3.97. The van der Waals surface area contributed by atoms with Gasteiger partial charge in [-0.05, 0) is 54.3 Å². The molecule has 0 spiro atoms. The zero-order valence-electron chi connectivity index (χ0n) is 13.8. The molecule has 1 aliphatic carbocycles. The van der Waals surface area contributed by atoms with Crippen molar-refractivity contribution in [2.45, 2.75) is 31.3 Å². The number of amides is 1. The van der Waals surface area contributed by atoms with E-state index in [4.69, 9.17) is 4.74 Å². The molecule has 128 valence electrons. The lowest BCUT2D eigenvalue weighted by Crippen LogP contribution is -2.42. The van der Waals surface area contributed by atoms with Gasteiger partial charge in [-0.2, -0.15) is 0 Å². The molecule has 1 saturated carbocycles. The number of aliphatic hydroxyl groups is 1. The molecule has 24 heavy (non-hydrogen) atoms. The van der Waals surface area contributed by atoms with Gasteiger partial charge in [0.15, 0.2) is 0 Å². The summed E-state index contributed by atoms with van der Waals surface area (Å²) in [5.41, 5.74) is 0.186. The second-order valence-corrected chi connectivity index (χ2v) is 7.25. The van der Waals surface area contributed by atoms with E-state index in [1.807, 2.05) is 41.8 Å². The van der Waals surface area contributed by atoms with Gasteiger partial charge >= 0.3 is 0 Å². The minimum absolute atomic E-state index is 0.0264. The lowest BCUT2D eigenvalue weighted by Gasteiger charge is -2.27. The van der Waals surface area contributed by atoms with E-state index in [0.717, 1.165) is 29.0 Å². The van der Waals surface area contributed by atoms with Crippen molar-refractivity contribution >= 4 is 17.2 Å². The highest BCUT2D eigenvalue weighted by Crippen LogP contribution is 2.46. The van der Waals surface area contributed by atoms with Crippen LogP contribution in [0.25, 0.3) is 0 Å². The maximum atomic E-state index is 12.2. The van der Waals surface area contributed by atoms with Gasteiger partial charge in [0.25, 0.3) is 0 Å². The summed E-state index contributed by atoms with van der Waals surface area (Å²) in [6.45, 7) is 0.291. The van der Waals surface area contributed by atoms with Crippen LogP contribution in [0, 0.1) is 5.92 Å². The second kappa shape index (κ2) is 7.36. The molecule has 3 rings (SSSR count). The van der Waals surface area contributed by atoms with Crippen LogP contribution < -0.4 is 10.1 Å². The van der Waals surface area contributed by atoms with Crippen molar-refractivity contribution in [3.8, 4) is 5.75 Å². The predicted octanol–water partition coefficient (Wildman–Crippen LogP) is 3.10. The molecule has 4 nitrogen and oxygen atoms in total. The van der Waals surface area contributed by atoms with Crippen molar-refractivity contribution in [3.05, 3.63) is 52.2 Å². The van der Waals surface area contributed by atoms with Crippen LogP contribution >= 0.6 is 11.3 Å². The Kier molecular flexibility index (Phi) is 5.21. The minimum Gasteiger partial charge on any atom is -0.497 e. The van der Waals surface area contributed by atoms with Crippen LogP contribution in [0.2, 0.25) is 0 Å². The van der Waals surface area contributed by atoms with Crippen molar-refractivity contribution in [1.29, 1.82) is 0 Å². The van der Waals surface area contributed by atoms with Gasteiger partial charge in [-0.15, -0.1) is 11.3 Å². The molecule has 2 N–H and O–H groups in total. The standard InChI is InChI=1S/C19H23NO3S/c1-23-16-9-4-14(5-10-16)6-11-18(21)20-13-19(22,15-7-8-15)17-3-2-12-24-17/h2-5,9-10,12,15,22H,6-8,11,13H2,1H3,(H,20,21). The lowest BCUT2D eigenvalue weighted by molar-refractivity contribution is -0.122. The Hall–Kier alpha value is -1.85. The maximum Gasteiger partial charge on any atom is 0.220 e. The summed E-state index contributed by atoms with van der Waals surface area (Å²) in [6, 6.07) is 11.6. The van der Waals surface area contributed by atoms with E-state index in [-0.39, 0.29) is 11.8 Å². The SMILES string of the molecule is COc1ccc(CCC(=O)NCC(O)(c2cccs2)C2CC2)cc1. The molecule has 0 bridgehead atoms. The summed E-state index contributed by atoms with van der Waals surface area (Å²) in [4.78, 5) is 13.1. The van der Waals surface area contributed by atoms with Crippen molar-refractivity contribution in [2.24, 2.45) is 5.92 Å². The van der Waals surface area contributed by atoms with Crippen LogP contribution in [0.15, 0.2) is 41.8 Å². The van der Waals surface area contributed by atoms with Crippen LogP contribution in [0.4, 0.5) is 0 Å². The molecule has 1 heterocycles. The number of carbonyl (C=O) groups is 1. The summed E-state index contributed by atoms with van der Waals surface area (Å²) >= 11 is 1.55. The highest BCUT2D eigenvalue weighted by molar-refractivity contribution is 7.10. The molecule has 1 fully saturated rings. The van der Waals surface area contributed by atoms with Gasteiger partial charge < -0.3 is 15.2 Å². The minimum atomic E-state index is -0.913. The summed E-state index contributed by atoms with van der Waals surface area (Å²) in [5.74, 6) is 1.05. The fraction of sp³-hybridized carbons (Fsp3) is 0.421. The van der Waals surface area contributed by atoms with Gasteiger partial charge in [0.05, 0.1) is 13.7 Å². The van der Waals surface area contributed by atoms with Crippen molar-refractivity contribution < 1.29 is 14.6 Å². The number of hydrogen-bond donors (Lipinski definition) is 2. The number of aryl methyl sites for hydroxylation is 1. The molecule has 0 radical (unpaired) electrons. The van der Waals surface area contributed by atoms with E-state index in [0.29, 0.717) is 19.4 Å². The number of ether oxygens (including phenoxy) is 1. The first-order valence-corrected chi connectivity index (χ1v) is 9.16. The van der Waals surface area contributed by atoms with Crippen LogP contribution in [0.5, 0.6) is 5.75 Å². The number of carbonyl (C=O) groups excluding carboxylic acids is 1. The highest BCUT2D eigenvalue weighted by atomic mass is 32.1. The molecule has 1 amide bonds. The van der Waals surface area contributed by atoms with Crippen molar-refractivity contribution in [2.75, 3.05) is 13.7 Å². The zero-order valence-corrected chi connectivity index (χ0v) is 14.6. The number of rotatable bonds is 8. The normalized spacial score (nSPS) is 16.4. The third-order valence-corrected chi connectivity index (χ3v) is 5.59. The van der Waals surface area contributed by atoms with Crippen LogP contribution in [0.3, 0.4) is 0 Å².